The molecule has 2 aromatic rings. The first-order valence-corrected chi connectivity index (χ1v) is 6.96. The molecule has 2 heterocycles. The maximum absolute atomic E-state index is 9.77. The van der Waals surface area contributed by atoms with Gasteiger partial charge in [-0.05, 0) is 31.2 Å². The predicted molar refractivity (Wildman–Crippen MR) is 67.8 cm³/mol. The molecule has 1 atom stereocenters. The summed E-state index contributed by atoms with van der Waals surface area (Å²) in [6.07, 6.45) is 8.33. The average molecular weight is 259 g/mol. The Hall–Kier alpha value is -1.62. The van der Waals surface area contributed by atoms with E-state index in [0.717, 1.165) is 30.2 Å². The van der Waals surface area contributed by atoms with E-state index in [9.17, 15) is 5.11 Å². The number of rotatable bonds is 3. The molecule has 1 saturated carbocycles. The standard InChI is InChI=1S/C14H17N3O2/c18-11-4-3-10-6-16-17(13(10)5-11)8-12-7-15-14(19-12)9-1-2-9/h6-7,9,11,18H,1-5,8H2. The van der Waals surface area contributed by atoms with Crippen molar-refractivity contribution in [3.8, 4) is 0 Å². The minimum absolute atomic E-state index is 0.236. The van der Waals surface area contributed by atoms with E-state index in [1.807, 2.05) is 10.9 Å². The van der Waals surface area contributed by atoms with E-state index in [1.165, 1.54) is 18.4 Å². The second-order valence-corrected chi connectivity index (χ2v) is 5.61. The number of aliphatic hydroxyl groups excluding tert-OH is 1. The van der Waals surface area contributed by atoms with Gasteiger partial charge in [-0.3, -0.25) is 4.68 Å². The number of aliphatic hydroxyl groups is 1. The fourth-order valence-electron chi connectivity index (χ4n) is 2.74. The van der Waals surface area contributed by atoms with Gasteiger partial charge in [0.25, 0.3) is 0 Å². The third-order valence-corrected chi connectivity index (χ3v) is 4.01. The Bertz CT molecular complexity index is 598. The highest BCUT2D eigenvalue weighted by atomic mass is 16.4. The van der Waals surface area contributed by atoms with Gasteiger partial charge < -0.3 is 9.52 Å². The molecule has 19 heavy (non-hydrogen) atoms. The van der Waals surface area contributed by atoms with Gasteiger partial charge in [-0.25, -0.2) is 4.98 Å². The fraction of sp³-hybridized carbons (Fsp3) is 0.571. The van der Waals surface area contributed by atoms with E-state index < -0.39 is 0 Å². The van der Waals surface area contributed by atoms with Gasteiger partial charge in [-0.2, -0.15) is 5.10 Å². The number of aryl methyl sites for hydroxylation is 1. The number of fused-ring (bicyclic) bond motifs is 1. The van der Waals surface area contributed by atoms with Gasteiger partial charge in [0.15, 0.2) is 5.89 Å². The lowest BCUT2D eigenvalue weighted by atomic mass is 9.96. The number of hydrogen-bond donors (Lipinski definition) is 1. The quantitative estimate of drug-likeness (QED) is 0.910. The van der Waals surface area contributed by atoms with Crippen molar-refractivity contribution in [2.24, 2.45) is 0 Å². The summed E-state index contributed by atoms with van der Waals surface area (Å²) in [5.41, 5.74) is 2.40. The summed E-state index contributed by atoms with van der Waals surface area (Å²) in [5.74, 6) is 2.27. The van der Waals surface area contributed by atoms with Crippen LogP contribution in [0, 0.1) is 0 Å². The highest BCUT2D eigenvalue weighted by Gasteiger charge is 2.28. The fourth-order valence-corrected chi connectivity index (χ4v) is 2.74. The van der Waals surface area contributed by atoms with E-state index in [-0.39, 0.29) is 6.10 Å². The van der Waals surface area contributed by atoms with Crippen LogP contribution in [0.15, 0.2) is 16.8 Å². The summed E-state index contributed by atoms with van der Waals surface area (Å²) in [4.78, 5) is 4.33. The lowest BCUT2D eigenvalue weighted by Gasteiger charge is -2.18. The van der Waals surface area contributed by atoms with Crippen LogP contribution in [0.4, 0.5) is 0 Å². The van der Waals surface area contributed by atoms with Crippen molar-refractivity contribution in [1.82, 2.24) is 14.8 Å². The first-order chi connectivity index (χ1) is 9.29. The van der Waals surface area contributed by atoms with Crippen molar-refractivity contribution in [3.05, 3.63) is 35.3 Å². The zero-order valence-electron chi connectivity index (χ0n) is 10.7. The summed E-state index contributed by atoms with van der Waals surface area (Å²) in [6, 6.07) is 0. The minimum atomic E-state index is -0.236. The molecule has 2 aliphatic carbocycles. The highest BCUT2D eigenvalue weighted by molar-refractivity contribution is 5.22. The molecule has 0 radical (unpaired) electrons. The van der Waals surface area contributed by atoms with Gasteiger partial charge in [0.1, 0.15) is 12.3 Å². The second kappa shape index (κ2) is 4.20. The smallest absolute Gasteiger partial charge is 0.197 e. The van der Waals surface area contributed by atoms with Gasteiger partial charge in [0, 0.05) is 18.0 Å². The van der Waals surface area contributed by atoms with E-state index in [1.54, 1.807) is 6.20 Å². The molecule has 1 unspecified atom stereocenters. The summed E-state index contributed by atoms with van der Waals surface area (Å²) in [7, 11) is 0. The molecule has 1 fully saturated rings. The first kappa shape index (κ1) is 11.2. The van der Waals surface area contributed by atoms with Crippen molar-refractivity contribution in [3.63, 3.8) is 0 Å². The maximum atomic E-state index is 9.77. The Kier molecular flexibility index (Phi) is 2.48. The Labute approximate surface area is 111 Å². The molecule has 1 N–H and O–H groups in total. The number of aromatic nitrogens is 3. The Morgan fingerprint density at radius 3 is 3.05 bits per heavy atom. The molecule has 0 saturated heterocycles. The Balaban J connectivity index is 1.57. The zero-order chi connectivity index (χ0) is 12.8. The predicted octanol–water partition coefficient (Wildman–Crippen LogP) is 1.65. The Morgan fingerprint density at radius 2 is 2.21 bits per heavy atom. The molecule has 5 nitrogen and oxygen atoms in total. The normalized spacial score (nSPS) is 22.5. The molecular formula is C14H17N3O2. The summed E-state index contributed by atoms with van der Waals surface area (Å²) in [6.45, 7) is 0.613. The van der Waals surface area contributed by atoms with Crippen molar-refractivity contribution >= 4 is 0 Å². The summed E-state index contributed by atoms with van der Waals surface area (Å²) in [5, 5.41) is 14.2. The lowest BCUT2D eigenvalue weighted by molar-refractivity contribution is 0.155. The molecule has 5 heteroatoms. The van der Waals surface area contributed by atoms with Crippen LogP contribution >= 0.6 is 0 Å². The number of hydrogen-bond acceptors (Lipinski definition) is 4. The molecule has 2 aromatic heterocycles. The molecule has 100 valence electrons. The average Bonchev–Trinajstić information content (AvgIpc) is 3.04. The molecule has 0 spiro atoms. The van der Waals surface area contributed by atoms with Crippen molar-refractivity contribution < 1.29 is 9.52 Å². The molecule has 0 bridgehead atoms. The van der Waals surface area contributed by atoms with Crippen LogP contribution in [0.5, 0.6) is 0 Å². The van der Waals surface area contributed by atoms with E-state index in [4.69, 9.17) is 4.42 Å². The van der Waals surface area contributed by atoms with Crippen LogP contribution in [0.2, 0.25) is 0 Å². The van der Waals surface area contributed by atoms with Crippen LogP contribution in [0.25, 0.3) is 0 Å². The topological polar surface area (TPSA) is 64.1 Å². The van der Waals surface area contributed by atoms with Crippen LogP contribution in [-0.4, -0.2) is 26.0 Å². The summed E-state index contributed by atoms with van der Waals surface area (Å²) < 4.78 is 7.70. The lowest BCUT2D eigenvalue weighted by Crippen LogP contribution is -2.21. The van der Waals surface area contributed by atoms with Crippen molar-refractivity contribution in [2.75, 3.05) is 0 Å². The van der Waals surface area contributed by atoms with Gasteiger partial charge in [-0.1, -0.05) is 0 Å². The van der Waals surface area contributed by atoms with Gasteiger partial charge in [0.05, 0.1) is 18.5 Å². The zero-order valence-corrected chi connectivity index (χ0v) is 10.7. The molecule has 0 aliphatic heterocycles. The van der Waals surface area contributed by atoms with Crippen molar-refractivity contribution in [2.45, 2.75) is 50.7 Å². The first-order valence-electron chi connectivity index (χ1n) is 6.96. The van der Waals surface area contributed by atoms with Crippen LogP contribution in [0.1, 0.15) is 48.1 Å². The van der Waals surface area contributed by atoms with Crippen molar-refractivity contribution in [1.29, 1.82) is 0 Å². The van der Waals surface area contributed by atoms with Gasteiger partial charge in [0.2, 0.25) is 0 Å². The molecule has 2 aliphatic rings. The largest absolute Gasteiger partial charge is 0.443 e. The molecule has 0 aromatic carbocycles. The molecule has 4 rings (SSSR count). The molecular weight excluding hydrogens is 242 g/mol. The highest BCUT2D eigenvalue weighted by Crippen LogP contribution is 2.39. The van der Waals surface area contributed by atoms with Gasteiger partial charge in [-0.15, -0.1) is 0 Å². The third kappa shape index (κ3) is 2.08. The van der Waals surface area contributed by atoms with Crippen LogP contribution in [0.3, 0.4) is 0 Å². The van der Waals surface area contributed by atoms with E-state index in [0.29, 0.717) is 18.9 Å². The minimum Gasteiger partial charge on any atom is -0.443 e. The molecule has 0 amide bonds. The number of nitrogens with zero attached hydrogens (tertiary/aromatic N) is 3. The van der Waals surface area contributed by atoms with Crippen LogP contribution < -0.4 is 0 Å². The van der Waals surface area contributed by atoms with E-state index >= 15 is 0 Å². The summed E-state index contributed by atoms with van der Waals surface area (Å²) >= 11 is 0. The monoisotopic (exact) mass is 259 g/mol. The van der Waals surface area contributed by atoms with Gasteiger partial charge >= 0.3 is 0 Å². The second-order valence-electron chi connectivity index (χ2n) is 5.61. The Morgan fingerprint density at radius 1 is 1.32 bits per heavy atom. The SMILES string of the molecule is OC1CCc2cnn(Cc3cnc(C4CC4)o3)c2C1. The third-order valence-electron chi connectivity index (χ3n) is 4.01. The number of oxazole rings is 1. The van der Waals surface area contributed by atoms with Crippen LogP contribution in [-0.2, 0) is 19.4 Å². The van der Waals surface area contributed by atoms with E-state index in [2.05, 4.69) is 10.1 Å². The maximum Gasteiger partial charge on any atom is 0.197 e.